The molecule has 0 spiro atoms. The Bertz CT molecular complexity index is 894. The summed E-state index contributed by atoms with van der Waals surface area (Å²) in [5.41, 5.74) is 4.22. The molecule has 0 unspecified atom stereocenters. The van der Waals surface area contributed by atoms with E-state index in [0.29, 0.717) is 0 Å². The first-order chi connectivity index (χ1) is 13.6. The summed E-state index contributed by atoms with van der Waals surface area (Å²) in [7, 11) is 0. The van der Waals surface area contributed by atoms with E-state index in [1.807, 2.05) is 68.4 Å². The van der Waals surface area contributed by atoms with Crippen LogP contribution in [0.4, 0.5) is 5.69 Å². The van der Waals surface area contributed by atoms with E-state index >= 15 is 0 Å². The predicted molar refractivity (Wildman–Crippen MR) is 111 cm³/mol. The number of amides is 1. The van der Waals surface area contributed by atoms with Crippen molar-refractivity contribution in [2.45, 2.75) is 19.9 Å². The second-order valence-corrected chi connectivity index (χ2v) is 6.92. The number of hydrogen-bond donors (Lipinski definition) is 1. The Kier molecular flexibility index (Phi) is 6.46. The van der Waals surface area contributed by atoms with Crippen LogP contribution in [-0.2, 0) is 9.53 Å². The molecule has 1 saturated heterocycles. The summed E-state index contributed by atoms with van der Waals surface area (Å²) in [6.45, 7) is 7.17. The lowest BCUT2D eigenvalue weighted by Crippen LogP contribution is -2.36. The molecule has 2 aromatic carbocycles. The molecule has 1 aliphatic heterocycles. The maximum absolute atomic E-state index is 12.5. The summed E-state index contributed by atoms with van der Waals surface area (Å²) >= 11 is 0. The zero-order valence-electron chi connectivity index (χ0n) is 16.3. The van der Waals surface area contributed by atoms with E-state index in [1.54, 1.807) is 6.08 Å². The van der Waals surface area contributed by atoms with Crippen LogP contribution in [0.3, 0.4) is 0 Å². The number of nitrogens with zero attached hydrogens (tertiary/aromatic N) is 2. The van der Waals surface area contributed by atoms with Crippen LogP contribution in [0.5, 0.6) is 0 Å². The van der Waals surface area contributed by atoms with Crippen molar-refractivity contribution < 1.29 is 9.53 Å². The third-order valence-corrected chi connectivity index (χ3v) is 4.90. The van der Waals surface area contributed by atoms with Crippen molar-refractivity contribution in [2.75, 3.05) is 31.2 Å². The van der Waals surface area contributed by atoms with Gasteiger partial charge in [0, 0.05) is 18.8 Å². The van der Waals surface area contributed by atoms with Gasteiger partial charge in [-0.2, -0.15) is 5.26 Å². The van der Waals surface area contributed by atoms with Crippen LogP contribution in [0.1, 0.15) is 29.7 Å². The van der Waals surface area contributed by atoms with Crippen LogP contribution in [0, 0.1) is 18.3 Å². The molecular formula is C23H25N3O2. The van der Waals surface area contributed by atoms with E-state index in [2.05, 4.69) is 10.2 Å². The van der Waals surface area contributed by atoms with Crippen molar-refractivity contribution in [3.05, 3.63) is 70.8 Å². The van der Waals surface area contributed by atoms with Gasteiger partial charge in [-0.1, -0.05) is 36.4 Å². The van der Waals surface area contributed by atoms with Gasteiger partial charge in [0.2, 0.25) is 0 Å². The standard InChI is InChI=1S/C23H25N3O2/c1-17-14-19(8-9-22(17)26-10-12-28-13-11-26)15-21(16-24)23(27)25-18(2)20-6-4-3-5-7-20/h3-9,14-15,18H,10-13H2,1-2H3,(H,25,27)/b21-15-/t18-/m1/s1. The van der Waals surface area contributed by atoms with Crippen molar-refractivity contribution in [3.8, 4) is 6.07 Å². The molecule has 0 saturated carbocycles. The molecule has 0 bridgehead atoms. The highest BCUT2D eigenvalue weighted by Crippen LogP contribution is 2.23. The smallest absolute Gasteiger partial charge is 0.262 e. The molecule has 1 amide bonds. The minimum absolute atomic E-state index is 0.0984. The van der Waals surface area contributed by atoms with Gasteiger partial charge in [-0.05, 0) is 48.7 Å². The van der Waals surface area contributed by atoms with Crippen molar-refractivity contribution in [3.63, 3.8) is 0 Å². The van der Waals surface area contributed by atoms with E-state index in [9.17, 15) is 10.1 Å². The van der Waals surface area contributed by atoms with Gasteiger partial charge in [-0.3, -0.25) is 4.79 Å². The third kappa shape index (κ3) is 4.79. The molecule has 3 rings (SSSR count). The molecule has 1 fully saturated rings. The fourth-order valence-electron chi connectivity index (χ4n) is 3.34. The molecule has 28 heavy (non-hydrogen) atoms. The van der Waals surface area contributed by atoms with Gasteiger partial charge in [-0.15, -0.1) is 0 Å². The highest BCUT2D eigenvalue weighted by atomic mass is 16.5. The molecule has 1 atom stereocenters. The summed E-state index contributed by atoms with van der Waals surface area (Å²) in [6.07, 6.45) is 1.64. The number of carbonyl (C=O) groups excluding carboxylic acids is 1. The fraction of sp³-hybridized carbons (Fsp3) is 0.304. The zero-order valence-corrected chi connectivity index (χ0v) is 16.3. The Morgan fingerprint density at radius 2 is 1.93 bits per heavy atom. The van der Waals surface area contributed by atoms with Crippen LogP contribution < -0.4 is 10.2 Å². The zero-order chi connectivity index (χ0) is 19.9. The van der Waals surface area contributed by atoms with E-state index < -0.39 is 0 Å². The number of benzene rings is 2. The lowest BCUT2D eigenvalue weighted by molar-refractivity contribution is -0.117. The molecule has 1 N–H and O–H groups in total. The summed E-state index contributed by atoms with van der Waals surface area (Å²) in [4.78, 5) is 14.8. The summed E-state index contributed by atoms with van der Waals surface area (Å²) in [5.74, 6) is -0.367. The minimum Gasteiger partial charge on any atom is -0.378 e. The molecule has 5 heteroatoms. The highest BCUT2D eigenvalue weighted by molar-refractivity contribution is 6.01. The highest BCUT2D eigenvalue weighted by Gasteiger charge is 2.15. The van der Waals surface area contributed by atoms with Crippen molar-refractivity contribution in [1.82, 2.24) is 5.32 Å². The first-order valence-electron chi connectivity index (χ1n) is 9.49. The van der Waals surface area contributed by atoms with E-state index in [4.69, 9.17) is 4.74 Å². The Morgan fingerprint density at radius 1 is 1.21 bits per heavy atom. The first kappa shape index (κ1) is 19.7. The number of rotatable bonds is 5. The molecule has 0 aromatic heterocycles. The van der Waals surface area contributed by atoms with Gasteiger partial charge < -0.3 is 15.0 Å². The van der Waals surface area contributed by atoms with Crippen molar-refractivity contribution in [2.24, 2.45) is 0 Å². The van der Waals surface area contributed by atoms with Gasteiger partial charge in [0.15, 0.2) is 0 Å². The topological polar surface area (TPSA) is 65.4 Å². The number of aryl methyl sites for hydroxylation is 1. The SMILES string of the molecule is Cc1cc(/C=C(/C#N)C(=O)N[C@H](C)c2ccccc2)ccc1N1CCOCC1. The molecule has 2 aromatic rings. The van der Waals surface area contributed by atoms with Gasteiger partial charge >= 0.3 is 0 Å². The van der Waals surface area contributed by atoms with Crippen LogP contribution in [-0.4, -0.2) is 32.2 Å². The largest absolute Gasteiger partial charge is 0.378 e. The van der Waals surface area contributed by atoms with E-state index in [0.717, 1.165) is 43.0 Å². The second-order valence-electron chi connectivity index (χ2n) is 6.92. The van der Waals surface area contributed by atoms with Crippen LogP contribution in [0.25, 0.3) is 6.08 Å². The Balaban J connectivity index is 1.73. The van der Waals surface area contributed by atoms with Crippen molar-refractivity contribution >= 4 is 17.7 Å². The Hall–Kier alpha value is -3.10. The molecule has 1 aliphatic rings. The summed E-state index contributed by atoms with van der Waals surface area (Å²) < 4.78 is 5.41. The minimum atomic E-state index is -0.367. The van der Waals surface area contributed by atoms with Gasteiger partial charge in [0.25, 0.3) is 5.91 Å². The average molecular weight is 375 g/mol. The fourth-order valence-corrected chi connectivity index (χ4v) is 3.34. The van der Waals surface area contributed by atoms with Gasteiger partial charge in [0.05, 0.1) is 19.3 Å². The van der Waals surface area contributed by atoms with Gasteiger partial charge in [0.1, 0.15) is 11.6 Å². The monoisotopic (exact) mass is 375 g/mol. The number of nitrogens with one attached hydrogen (secondary N) is 1. The van der Waals surface area contributed by atoms with E-state index in [-0.39, 0.29) is 17.5 Å². The van der Waals surface area contributed by atoms with Crippen LogP contribution >= 0.6 is 0 Å². The average Bonchev–Trinajstić information content (AvgIpc) is 2.73. The number of carbonyl (C=O) groups is 1. The maximum Gasteiger partial charge on any atom is 0.262 e. The molecule has 0 radical (unpaired) electrons. The number of anilines is 1. The summed E-state index contributed by atoms with van der Waals surface area (Å²) in [6, 6.07) is 17.6. The van der Waals surface area contributed by atoms with Crippen LogP contribution in [0.15, 0.2) is 54.1 Å². The number of morpholine rings is 1. The lowest BCUT2D eigenvalue weighted by atomic mass is 10.0. The number of hydrogen-bond acceptors (Lipinski definition) is 4. The second kappa shape index (κ2) is 9.20. The molecule has 1 heterocycles. The number of nitriles is 1. The first-order valence-corrected chi connectivity index (χ1v) is 9.49. The molecule has 0 aliphatic carbocycles. The summed E-state index contributed by atoms with van der Waals surface area (Å²) in [5, 5.41) is 12.4. The van der Waals surface area contributed by atoms with E-state index in [1.165, 1.54) is 5.69 Å². The Morgan fingerprint density at radius 3 is 2.57 bits per heavy atom. The molecular weight excluding hydrogens is 350 g/mol. The third-order valence-electron chi connectivity index (χ3n) is 4.90. The van der Waals surface area contributed by atoms with Gasteiger partial charge in [-0.25, -0.2) is 0 Å². The molecule has 144 valence electrons. The normalized spacial score (nSPS) is 15.6. The lowest BCUT2D eigenvalue weighted by Gasteiger charge is -2.30. The maximum atomic E-state index is 12.5. The predicted octanol–water partition coefficient (Wildman–Crippen LogP) is 3.62. The Labute approximate surface area is 166 Å². The number of ether oxygens (including phenoxy) is 1. The molecule has 5 nitrogen and oxygen atoms in total. The quantitative estimate of drug-likeness (QED) is 0.640. The van der Waals surface area contributed by atoms with Crippen LogP contribution in [0.2, 0.25) is 0 Å². The van der Waals surface area contributed by atoms with Crippen molar-refractivity contribution in [1.29, 1.82) is 5.26 Å².